The number of anilines is 2. The molecule has 1 saturated heterocycles. The highest BCUT2D eigenvalue weighted by atomic mass is 16.5. The Morgan fingerprint density at radius 2 is 1.79 bits per heavy atom. The number of para-hydroxylation sites is 2. The summed E-state index contributed by atoms with van der Waals surface area (Å²) in [4.78, 5) is 38.3. The molecule has 1 unspecified atom stereocenters. The number of hydrogen-bond donors (Lipinski definition) is 1. The lowest BCUT2D eigenvalue weighted by Gasteiger charge is -2.18. The quantitative estimate of drug-likeness (QED) is 0.758. The summed E-state index contributed by atoms with van der Waals surface area (Å²) < 4.78 is 10.4. The first-order valence-electron chi connectivity index (χ1n) is 9.44. The maximum absolute atomic E-state index is 12.8. The van der Waals surface area contributed by atoms with Crippen LogP contribution in [0.5, 0.6) is 5.75 Å². The third kappa shape index (κ3) is 4.74. The van der Waals surface area contributed by atoms with Gasteiger partial charge in [-0.25, -0.2) is 4.79 Å². The number of nitrogens with one attached hydrogen (secondary N) is 1. The molecule has 0 bridgehead atoms. The minimum Gasteiger partial charge on any atom is -0.489 e. The molecule has 152 valence electrons. The molecule has 0 aromatic heterocycles. The lowest BCUT2D eigenvalue weighted by Crippen LogP contribution is -2.28. The zero-order chi connectivity index (χ0) is 21.0. The molecule has 1 aliphatic heterocycles. The maximum Gasteiger partial charge on any atom is 0.337 e. The largest absolute Gasteiger partial charge is 0.489 e. The molecule has 0 radical (unpaired) electrons. The van der Waals surface area contributed by atoms with Gasteiger partial charge < -0.3 is 19.7 Å². The van der Waals surface area contributed by atoms with Crippen molar-refractivity contribution in [1.82, 2.24) is 0 Å². The van der Waals surface area contributed by atoms with Crippen LogP contribution in [-0.2, 0) is 14.3 Å². The lowest BCUT2D eigenvalue weighted by atomic mass is 10.1. The van der Waals surface area contributed by atoms with Gasteiger partial charge in [0.05, 0.1) is 30.4 Å². The zero-order valence-corrected chi connectivity index (χ0v) is 16.7. The Bertz CT molecular complexity index is 908. The van der Waals surface area contributed by atoms with E-state index in [1.807, 2.05) is 26.0 Å². The molecule has 1 fully saturated rings. The van der Waals surface area contributed by atoms with Gasteiger partial charge in [-0.05, 0) is 50.2 Å². The van der Waals surface area contributed by atoms with Crippen molar-refractivity contribution in [2.45, 2.75) is 26.4 Å². The summed E-state index contributed by atoms with van der Waals surface area (Å²) in [7, 11) is 1.31. The fraction of sp³-hybridized carbons (Fsp3) is 0.318. The summed E-state index contributed by atoms with van der Waals surface area (Å²) in [6.07, 6.45) is 0.0993. The minimum absolute atomic E-state index is 0.0236. The molecular weight excluding hydrogens is 372 g/mol. The van der Waals surface area contributed by atoms with E-state index in [0.29, 0.717) is 22.7 Å². The smallest absolute Gasteiger partial charge is 0.337 e. The number of rotatable bonds is 6. The predicted octanol–water partition coefficient (Wildman–Crippen LogP) is 3.25. The van der Waals surface area contributed by atoms with Crippen molar-refractivity contribution >= 4 is 29.2 Å². The molecule has 1 aliphatic rings. The fourth-order valence-electron chi connectivity index (χ4n) is 3.19. The first-order valence-corrected chi connectivity index (χ1v) is 9.44. The standard InChI is InChI=1S/C22H24N2O5/c1-14(2)29-19-7-5-4-6-18(19)23-21(26)16-12-20(25)24(13-16)17-10-8-15(9-11-17)22(27)28-3/h4-11,14,16H,12-13H2,1-3H3,(H,23,26). The van der Waals surface area contributed by atoms with E-state index in [0.717, 1.165) is 0 Å². The SMILES string of the molecule is COC(=O)c1ccc(N2CC(C(=O)Nc3ccccc3OC(C)C)CC2=O)cc1. The Labute approximate surface area is 169 Å². The molecule has 0 aliphatic carbocycles. The molecule has 3 rings (SSSR count). The summed E-state index contributed by atoms with van der Waals surface area (Å²) in [6, 6.07) is 13.8. The van der Waals surface area contributed by atoms with Gasteiger partial charge in [0, 0.05) is 18.7 Å². The number of nitrogens with zero attached hydrogens (tertiary/aromatic N) is 1. The number of benzene rings is 2. The fourth-order valence-corrected chi connectivity index (χ4v) is 3.19. The van der Waals surface area contributed by atoms with Crippen LogP contribution in [-0.4, -0.2) is 37.5 Å². The van der Waals surface area contributed by atoms with Gasteiger partial charge in [-0.15, -0.1) is 0 Å². The first-order chi connectivity index (χ1) is 13.9. The van der Waals surface area contributed by atoms with Gasteiger partial charge >= 0.3 is 5.97 Å². The average Bonchev–Trinajstić information content (AvgIpc) is 3.10. The van der Waals surface area contributed by atoms with Crippen LogP contribution >= 0.6 is 0 Å². The Morgan fingerprint density at radius 3 is 2.45 bits per heavy atom. The summed E-state index contributed by atoms with van der Waals surface area (Å²) >= 11 is 0. The van der Waals surface area contributed by atoms with Crippen molar-refractivity contribution in [3.63, 3.8) is 0 Å². The molecule has 1 N–H and O–H groups in total. The van der Waals surface area contributed by atoms with Crippen LogP contribution in [0.1, 0.15) is 30.6 Å². The molecule has 2 aromatic rings. The van der Waals surface area contributed by atoms with Gasteiger partial charge in [0.2, 0.25) is 11.8 Å². The second-order valence-electron chi connectivity index (χ2n) is 7.10. The van der Waals surface area contributed by atoms with Crippen molar-refractivity contribution in [2.24, 2.45) is 5.92 Å². The van der Waals surface area contributed by atoms with Gasteiger partial charge in [-0.1, -0.05) is 12.1 Å². The van der Waals surface area contributed by atoms with E-state index in [1.165, 1.54) is 7.11 Å². The number of hydrogen-bond acceptors (Lipinski definition) is 5. The van der Waals surface area contributed by atoms with Crippen LogP contribution in [0.2, 0.25) is 0 Å². The molecule has 2 aromatic carbocycles. The third-order valence-corrected chi connectivity index (χ3v) is 4.60. The van der Waals surface area contributed by atoms with Crippen LogP contribution in [0.3, 0.4) is 0 Å². The molecule has 7 nitrogen and oxygen atoms in total. The van der Waals surface area contributed by atoms with Crippen LogP contribution < -0.4 is 15.0 Å². The maximum atomic E-state index is 12.8. The Morgan fingerprint density at radius 1 is 1.10 bits per heavy atom. The highest BCUT2D eigenvalue weighted by Crippen LogP contribution is 2.29. The zero-order valence-electron chi connectivity index (χ0n) is 16.7. The summed E-state index contributed by atoms with van der Waals surface area (Å²) in [6.45, 7) is 4.10. The molecule has 7 heteroatoms. The van der Waals surface area contributed by atoms with Gasteiger partial charge in [0.1, 0.15) is 5.75 Å². The van der Waals surface area contributed by atoms with Crippen LogP contribution in [0.25, 0.3) is 0 Å². The Kier molecular flexibility index (Phi) is 6.16. The van der Waals surface area contributed by atoms with Crippen molar-refractivity contribution in [3.05, 3.63) is 54.1 Å². The van der Waals surface area contributed by atoms with Crippen molar-refractivity contribution in [2.75, 3.05) is 23.9 Å². The van der Waals surface area contributed by atoms with Crippen LogP contribution in [0, 0.1) is 5.92 Å². The topological polar surface area (TPSA) is 84.9 Å². The van der Waals surface area contributed by atoms with E-state index >= 15 is 0 Å². The van der Waals surface area contributed by atoms with E-state index in [9.17, 15) is 14.4 Å². The summed E-state index contributed by atoms with van der Waals surface area (Å²) in [5, 5.41) is 2.88. The van der Waals surface area contributed by atoms with E-state index in [4.69, 9.17) is 4.74 Å². The second-order valence-corrected chi connectivity index (χ2v) is 7.10. The summed E-state index contributed by atoms with van der Waals surface area (Å²) in [5.41, 5.74) is 1.62. The highest BCUT2D eigenvalue weighted by molar-refractivity contribution is 6.04. The van der Waals surface area contributed by atoms with E-state index in [1.54, 1.807) is 41.3 Å². The molecule has 2 amide bonds. The van der Waals surface area contributed by atoms with Crippen LogP contribution in [0.4, 0.5) is 11.4 Å². The van der Waals surface area contributed by atoms with Gasteiger partial charge in [0.25, 0.3) is 0 Å². The molecule has 1 atom stereocenters. The lowest BCUT2D eigenvalue weighted by molar-refractivity contribution is -0.122. The highest BCUT2D eigenvalue weighted by Gasteiger charge is 2.35. The van der Waals surface area contributed by atoms with Crippen LogP contribution in [0.15, 0.2) is 48.5 Å². The van der Waals surface area contributed by atoms with Gasteiger partial charge in [-0.2, -0.15) is 0 Å². The molecule has 1 heterocycles. The van der Waals surface area contributed by atoms with Crippen molar-refractivity contribution in [1.29, 1.82) is 0 Å². The number of esters is 1. The predicted molar refractivity (Wildman–Crippen MR) is 109 cm³/mol. The first kappa shape index (κ1) is 20.4. The molecule has 29 heavy (non-hydrogen) atoms. The molecule has 0 saturated carbocycles. The Balaban J connectivity index is 1.69. The number of carbonyl (C=O) groups is 3. The van der Waals surface area contributed by atoms with E-state index < -0.39 is 11.9 Å². The third-order valence-electron chi connectivity index (χ3n) is 4.60. The number of carbonyl (C=O) groups excluding carboxylic acids is 3. The average molecular weight is 396 g/mol. The van der Waals surface area contributed by atoms with Gasteiger partial charge in [-0.3, -0.25) is 9.59 Å². The van der Waals surface area contributed by atoms with E-state index in [2.05, 4.69) is 10.1 Å². The van der Waals surface area contributed by atoms with E-state index in [-0.39, 0.29) is 30.9 Å². The van der Waals surface area contributed by atoms with Crippen molar-refractivity contribution < 1.29 is 23.9 Å². The van der Waals surface area contributed by atoms with Crippen molar-refractivity contribution in [3.8, 4) is 5.75 Å². The second kappa shape index (κ2) is 8.77. The normalized spacial score (nSPS) is 16.1. The molecular formula is C22H24N2O5. The van der Waals surface area contributed by atoms with Gasteiger partial charge in [0.15, 0.2) is 0 Å². The molecule has 0 spiro atoms. The monoisotopic (exact) mass is 396 g/mol. The Hall–Kier alpha value is -3.35. The number of methoxy groups -OCH3 is 1. The minimum atomic E-state index is -0.477. The number of ether oxygens (including phenoxy) is 2. The number of amides is 2. The summed E-state index contributed by atoms with van der Waals surface area (Å²) in [5.74, 6) is -0.691.